The third-order valence-electron chi connectivity index (χ3n) is 2.66. The van der Waals surface area contributed by atoms with Gasteiger partial charge in [-0.2, -0.15) is 0 Å². The second-order valence-corrected chi connectivity index (χ2v) is 3.88. The van der Waals surface area contributed by atoms with Crippen molar-refractivity contribution >= 4 is 11.7 Å². The molecule has 0 spiro atoms. The van der Waals surface area contributed by atoms with Gasteiger partial charge in [0.1, 0.15) is 6.23 Å². The lowest BCUT2D eigenvalue weighted by Crippen LogP contribution is -2.31. The van der Waals surface area contributed by atoms with Gasteiger partial charge in [0.15, 0.2) is 0 Å². The van der Waals surface area contributed by atoms with Crippen LogP contribution in [0.2, 0.25) is 0 Å². The SMILES string of the molecule is Cc1ccc2c(c1)[C@@H](C(=O)O)C[C@@H](O)N2. The van der Waals surface area contributed by atoms with Crippen LogP contribution in [0, 0.1) is 6.92 Å². The number of hydrogen-bond donors (Lipinski definition) is 3. The highest BCUT2D eigenvalue weighted by molar-refractivity contribution is 5.80. The monoisotopic (exact) mass is 207 g/mol. The summed E-state index contributed by atoms with van der Waals surface area (Å²) in [4.78, 5) is 11.0. The summed E-state index contributed by atoms with van der Waals surface area (Å²) in [5.74, 6) is -1.50. The number of aliphatic carboxylic acids is 1. The number of anilines is 1. The van der Waals surface area contributed by atoms with Crippen LogP contribution in [0.15, 0.2) is 18.2 Å². The molecule has 0 unspecified atom stereocenters. The van der Waals surface area contributed by atoms with E-state index in [4.69, 9.17) is 5.11 Å². The van der Waals surface area contributed by atoms with Gasteiger partial charge in [-0.1, -0.05) is 17.7 Å². The average molecular weight is 207 g/mol. The van der Waals surface area contributed by atoms with Crippen molar-refractivity contribution in [3.8, 4) is 0 Å². The van der Waals surface area contributed by atoms with Crippen LogP contribution in [-0.2, 0) is 4.79 Å². The van der Waals surface area contributed by atoms with E-state index in [1.807, 2.05) is 25.1 Å². The maximum Gasteiger partial charge on any atom is 0.311 e. The van der Waals surface area contributed by atoms with Crippen molar-refractivity contribution in [2.75, 3.05) is 5.32 Å². The Morgan fingerprint density at radius 2 is 2.27 bits per heavy atom. The number of carboxylic acids is 1. The number of aryl methyl sites for hydroxylation is 1. The normalized spacial score (nSPS) is 24.1. The van der Waals surface area contributed by atoms with E-state index < -0.39 is 18.1 Å². The lowest BCUT2D eigenvalue weighted by atomic mass is 9.89. The molecular weight excluding hydrogens is 194 g/mol. The van der Waals surface area contributed by atoms with E-state index >= 15 is 0 Å². The van der Waals surface area contributed by atoms with Gasteiger partial charge in [-0.15, -0.1) is 0 Å². The van der Waals surface area contributed by atoms with E-state index in [-0.39, 0.29) is 6.42 Å². The highest BCUT2D eigenvalue weighted by Gasteiger charge is 2.30. The molecular formula is C11H13NO3. The number of carboxylic acid groups (broad SMARTS) is 1. The Morgan fingerprint density at radius 3 is 2.93 bits per heavy atom. The molecule has 0 aromatic heterocycles. The van der Waals surface area contributed by atoms with Crippen molar-refractivity contribution in [1.29, 1.82) is 0 Å². The average Bonchev–Trinajstić information content (AvgIpc) is 2.17. The zero-order valence-electron chi connectivity index (χ0n) is 8.40. The van der Waals surface area contributed by atoms with Crippen molar-refractivity contribution in [1.82, 2.24) is 0 Å². The number of aliphatic hydroxyl groups is 1. The second-order valence-electron chi connectivity index (χ2n) is 3.88. The van der Waals surface area contributed by atoms with E-state index in [0.717, 1.165) is 11.1 Å². The van der Waals surface area contributed by atoms with Crippen LogP contribution in [0.3, 0.4) is 0 Å². The van der Waals surface area contributed by atoms with Crippen LogP contribution in [-0.4, -0.2) is 22.4 Å². The largest absolute Gasteiger partial charge is 0.481 e. The zero-order chi connectivity index (χ0) is 11.0. The summed E-state index contributed by atoms with van der Waals surface area (Å²) >= 11 is 0. The maximum absolute atomic E-state index is 11.0. The number of benzene rings is 1. The predicted octanol–water partition coefficient (Wildman–Crippen LogP) is 1.30. The van der Waals surface area contributed by atoms with Crippen LogP contribution in [0.5, 0.6) is 0 Å². The Kier molecular flexibility index (Phi) is 2.36. The van der Waals surface area contributed by atoms with Gasteiger partial charge in [-0.25, -0.2) is 0 Å². The molecule has 1 aromatic rings. The smallest absolute Gasteiger partial charge is 0.311 e. The fraction of sp³-hybridized carbons (Fsp3) is 0.364. The zero-order valence-corrected chi connectivity index (χ0v) is 8.40. The number of fused-ring (bicyclic) bond motifs is 1. The number of hydrogen-bond acceptors (Lipinski definition) is 3. The van der Waals surface area contributed by atoms with Gasteiger partial charge in [-0.05, 0) is 18.6 Å². The molecule has 0 saturated heterocycles. The summed E-state index contributed by atoms with van der Waals surface area (Å²) in [6.07, 6.45) is -0.562. The maximum atomic E-state index is 11.0. The Morgan fingerprint density at radius 1 is 1.53 bits per heavy atom. The van der Waals surface area contributed by atoms with E-state index in [9.17, 15) is 9.90 Å². The molecule has 80 valence electrons. The van der Waals surface area contributed by atoms with Gasteiger partial charge in [-0.3, -0.25) is 4.79 Å². The lowest BCUT2D eigenvalue weighted by molar-refractivity contribution is -0.139. The molecule has 0 saturated carbocycles. The number of nitrogens with one attached hydrogen (secondary N) is 1. The third-order valence-corrected chi connectivity index (χ3v) is 2.66. The van der Waals surface area contributed by atoms with Crippen LogP contribution in [0.4, 0.5) is 5.69 Å². The Labute approximate surface area is 87.6 Å². The van der Waals surface area contributed by atoms with Crippen LogP contribution < -0.4 is 5.32 Å². The molecule has 0 bridgehead atoms. The molecule has 4 nitrogen and oxygen atoms in total. The van der Waals surface area contributed by atoms with Crippen LogP contribution >= 0.6 is 0 Å². The highest BCUT2D eigenvalue weighted by Crippen LogP contribution is 2.34. The molecule has 1 aliphatic heterocycles. The quantitative estimate of drug-likeness (QED) is 0.649. The Bertz CT molecular complexity index is 403. The Hall–Kier alpha value is -1.55. The Balaban J connectivity index is 2.47. The number of aliphatic hydroxyl groups excluding tert-OH is 1. The van der Waals surface area contributed by atoms with Gasteiger partial charge < -0.3 is 15.5 Å². The standard InChI is InChI=1S/C11H13NO3/c1-6-2-3-9-7(4-6)8(11(14)15)5-10(13)12-9/h2-4,8,10,12-13H,5H2,1H3,(H,14,15)/t8-,10+/m0/s1. The van der Waals surface area contributed by atoms with Gasteiger partial charge in [0.25, 0.3) is 0 Å². The van der Waals surface area contributed by atoms with Gasteiger partial charge >= 0.3 is 5.97 Å². The molecule has 0 amide bonds. The molecule has 0 aliphatic carbocycles. The summed E-state index contributed by atoms with van der Waals surface area (Å²) < 4.78 is 0. The molecule has 3 N–H and O–H groups in total. The number of rotatable bonds is 1. The van der Waals surface area contributed by atoms with Crippen molar-refractivity contribution < 1.29 is 15.0 Å². The molecule has 1 aliphatic rings. The molecule has 2 rings (SSSR count). The van der Waals surface area contributed by atoms with Gasteiger partial charge in [0.2, 0.25) is 0 Å². The lowest BCUT2D eigenvalue weighted by Gasteiger charge is -2.28. The summed E-state index contributed by atoms with van der Waals surface area (Å²) in [5, 5.41) is 21.4. The second kappa shape index (κ2) is 3.55. The third kappa shape index (κ3) is 1.80. The minimum Gasteiger partial charge on any atom is -0.481 e. The molecule has 0 radical (unpaired) electrons. The first kappa shape index (κ1) is 9.98. The minimum atomic E-state index is -0.887. The first-order valence-corrected chi connectivity index (χ1v) is 4.86. The first-order valence-electron chi connectivity index (χ1n) is 4.86. The fourth-order valence-electron chi connectivity index (χ4n) is 1.92. The summed E-state index contributed by atoms with van der Waals surface area (Å²) in [6, 6.07) is 5.55. The molecule has 1 aromatic carbocycles. The summed E-state index contributed by atoms with van der Waals surface area (Å²) in [7, 11) is 0. The van der Waals surface area contributed by atoms with Gasteiger partial charge in [0.05, 0.1) is 5.92 Å². The van der Waals surface area contributed by atoms with Crippen molar-refractivity contribution in [3.63, 3.8) is 0 Å². The van der Waals surface area contributed by atoms with E-state index in [2.05, 4.69) is 5.32 Å². The summed E-state index contributed by atoms with van der Waals surface area (Å²) in [6.45, 7) is 1.92. The molecule has 15 heavy (non-hydrogen) atoms. The van der Waals surface area contributed by atoms with Crippen molar-refractivity contribution in [2.45, 2.75) is 25.5 Å². The first-order chi connectivity index (χ1) is 7.08. The molecule has 0 fully saturated rings. The number of carbonyl (C=O) groups is 1. The van der Waals surface area contributed by atoms with E-state index in [0.29, 0.717) is 5.69 Å². The predicted molar refractivity (Wildman–Crippen MR) is 55.8 cm³/mol. The van der Waals surface area contributed by atoms with Gasteiger partial charge in [0, 0.05) is 12.1 Å². The van der Waals surface area contributed by atoms with Crippen LogP contribution in [0.1, 0.15) is 23.5 Å². The van der Waals surface area contributed by atoms with Crippen molar-refractivity contribution in [3.05, 3.63) is 29.3 Å². The van der Waals surface area contributed by atoms with E-state index in [1.54, 1.807) is 0 Å². The summed E-state index contributed by atoms with van der Waals surface area (Å²) in [5.41, 5.74) is 2.50. The highest BCUT2D eigenvalue weighted by atomic mass is 16.4. The van der Waals surface area contributed by atoms with Crippen molar-refractivity contribution in [2.24, 2.45) is 0 Å². The molecule has 2 atom stereocenters. The molecule has 4 heteroatoms. The fourth-order valence-corrected chi connectivity index (χ4v) is 1.92. The van der Waals surface area contributed by atoms with E-state index in [1.165, 1.54) is 0 Å². The minimum absolute atomic E-state index is 0.214. The topological polar surface area (TPSA) is 69.6 Å². The van der Waals surface area contributed by atoms with Crippen LogP contribution in [0.25, 0.3) is 0 Å². The molecule has 1 heterocycles.